The molecule has 2 aliphatic rings. The van der Waals surface area contributed by atoms with Gasteiger partial charge in [-0.05, 0) is 24.9 Å². The van der Waals surface area contributed by atoms with Gasteiger partial charge in [0.1, 0.15) is 6.10 Å². The van der Waals surface area contributed by atoms with E-state index in [0.29, 0.717) is 17.8 Å². The fourth-order valence-corrected chi connectivity index (χ4v) is 2.58. The Labute approximate surface area is 115 Å². The quantitative estimate of drug-likeness (QED) is 0.640. The molecule has 106 valence electrons. The van der Waals surface area contributed by atoms with Crippen LogP contribution in [0.2, 0.25) is 0 Å². The molecule has 1 fully saturated rings. The van der Waals surface area contributed by atoms with Crippen LogP contribution in [-0.4, -0.2) is 30.0 Å². The Hall–Kier alpha value is -2.15. The van der Waals surface area contributed by atoms with Crippen molar-refractivity contribution in [3.63, 3.8) is 0 Å². The molecule has 1 unspecified atom stereocenters. The molecule has 7 nitrogen and oxygen atoms in total. The Morgan fingerprint density at radius 2 is 2.25 bits per heavy atom. The fourth-order valence-electron chi connectivity index (χ4n) is 2.58. The van der Waals surface area contributed by atoms with Crippen molar-refractivity contribution >= 4 is 17.3 Å². The summed E-state index contributed by atoms with van der Waals surface area (Å²) in [6, 6.07) is 2.99. The van der Waals surface area contributed by atoms with Crippen molar-refractivity contribution in [3.05, 3.63) is 27.8 Å². The minimum Gasteiger partial charge on any atom is -0.482 e. The van der Waals surface area contributed by atoms with E-state index < -0.39 is 4.92 Å². The van der Waals surface area contributed by atoms with Gasteiger partial charge in [-0.1, -0.05) is 0 Å². The van der Waals surface area contributed by atoms with Crippen LogP contribution in [-0.2, 0) is 11.2 Å². The molecule has 2 N–H and O–H groups in total. The fraction of sp³-hybridized carbons (Fsp3) is 0.462. The summed E-state index contributed by atoms with van der Waals surface area (Å²) >= 11 is 0. The van der Waals surface area contributed by atoms with Gasteiger partial charge in [0.25, 0.3) is 0 Å². The van der Waals surface area contributed by atoms with E-state index >= 15 is 0 Å². The lowest BCUT2D eigenvalue weighted by Gasteiger charge is -2.24. The molecular formula is C13H15N3O4. The minimum atomic E-state index is -0.464. The van der Waals surface area contributed by atoms with Crippen LogP contribution in [0.1, 0.15) is 18.4 Å². The summed E-state index contributed by atoms with van der Waals surface area (Å²) in [5.74, 6) is 0.0791. The summed E-state index contributed by atoms with van der Waals surface area (Å²) in [5, 5.41) is 17.0. The highest BCUT2D eigenvalue weighted by atomic mass is 16.6. The molecular weight excluding hydrogens is 262 g/mol. The number of anilines is 1. The van der Waals surface area contributed by atoms with E-state index in [1.165, 1.54) is 6.07 Å². The molecule has 0 spiro atoms. The molecule has 1 amide bonds. The topological polar surface area (TPSA) is 93.5 Å². The van der Waals surface area contributed by atoms with E-state index in [1.54, 1.807) is 6.07 Å². The first-order valence-electron chi connectivity index (χ1n) is 6.62. The summed E-state index contributed by atoms with van der Waals surface area (Å²) in [5.41, 5.74) is 1.18. The number of nitro groups is 1. The molecule has 2 heterocycles. The molecule has 0 radical (unpaired) electrons. The van der Waals surface area contributed by atoms with E-state index in [9.17, 15) is 14.9 Å². The van der Waals surface area contributed by atoms with Gasteiger partial charge in [0.15, 0.2) is 5.75 Å². The first kappa shape index (κ1) is 12.9. The largest absolute Gasteiger partial charge is 0.482 e. The van der Waals surface area contributed by atoms with Gasteiger partial charge in [-0.25, -0.2) is 0 Å². The second kappa shape index (κ2) is 5.09. The zero-order valence-corrected chi connectivity index (χ0v) is 10.8. The first-order valence-corrected chi connectivity index (χ1v) is 6.62. The molecule has 0 saturated carbocycles. The lowest BCUT2D eigenvalue weighted by molar-refractivity contribution is -0.386. The number of carbonyl (C=O) groups excluding carboxylic acids is 1. The van der Waals surface area contributed by atoms with Crippen molar-refractivity contribution in [1.29, 1.82) is 0 Å². The Morgan fingerprint density at radius 3 is 2.95 bits per heavy atom. The summed E-state index contributed by atoms with van der Waals surface area (Å²) in [6.07, 6.45) is 1.97. The van der Waals surface area contributed by atoms with E-state index in [-0.39, 0.29) is 29.9 Å². The maximum absolute atomic E-state index is 11.4. The maximum atomic E-state index is 11.4. The molecule has 1 aromatic rings. The second-order valence-electron chi connectivity index (χ2n) is 5.05. The number of nitro benzene ring substituents is 1. The van der Waals surface area contributed by atoms with Crippen molar-refractivity contribution in [3.8, 4) is 5.75 Å². The summed E-state index contributed by atoms with van der Waals surface area (Å²) < 4.78 is 5.75. The van der Waals surface area contributed by atoms with Crippen molar-refractivity contribution in [2.75, 3.05) is 18.4 Å². The van der Waals surface area contributed by atoms with Crippen LogP contribution < -0.4 is 15.4 Å². The molecule has 7 heteroatoms. The summed E-state index contributed by atoms with van der Waals surface area (Å²) in [7, 11) is 0. The van der Waals surface area contributed by atoms with Crippen molar-refractivity contribution in [2.24, 2.45) is 0 Å². The zero-order chi connectivity index (χ0) is 14.1. The SMILES string of the molecule is O=C1Cc2cc([N+](=O)[O-])c(OC3CCCNC3)cc2N1. The highest BCUT2D eigenvalue weighted by molar-refractivity contribution is 5.99. The smallest absolute Gasteiger partial charge is 0.311 e. The van der Waals surface area contributed by atoms with Crippen LogP contribution >= 0.6 is 0 Å². The molecule has 0 bridgehead atoms. The van der Waals surface area contributed by atoms with Gasteiger partial charge in [0.2, 0.25) is 5.91 Å². The number of ether oxygens (including phenoxy) is 1. The Kier molecular flexibility index (Phi) is 3.27. The predicted molar refractivity (Wildman–Crippen MR) is 71.9 cm³/mol. The first-order chi connectivity index (χ1) is 9.63. The summed E-state index contributed by atoms with van der Waals surface area (Å²) in [4.78, 5) is 22.0. The highest BCUT2D eigenvalue weighted by Gasteiger charge is 2.27. The standard InChI is InChI=1S/C13H15N3O4/c17-13-5-8-4-11(16(18)19)12(6-10(8)15-13)20-9-2-1-3-14-7-9/h4,6,9,14H,1-3,5,7H2,(H,15,17). The number of fused-ring (bicyclic) bond motifs is 1. The number of benzene rings is 1. The van der Waals surface area contributed by atoms with Gasteiger partial charge >= 0.3 is 5.69 Å². The monoisotopic (exact) mass is 277 g/mol. The van der Waals surface area contributed by atoms with Crippen LogP contribution in [0.25, 0.3) is 0 Å². The molecule has 1 saturated heterocycles. The number of carbonyl (C=O) groups is 1. The Bertz CT molecular complexity index is 567. The van der Waals surface area contributed by atoms with Crippen molar-refractivity contribution in [1.82, 2.24) is 5.32 Å². The number of nitrogens with one attached hydrogen (secondary N) is 2. The number of rotatable bonds is 3. The van der Waals surface area contributed by atoms with Crippen molar-refractivity contribution < 1.29 is 14.5 Å². The average molecular weight is 277 g/mol. The number of hydrogen-bond donors (Lipinski definition) is 2. The van der Waals surface area contributed by atoms with E-state index in [1.807, 2.05) is 0 Å². The molecule has 3 rings (SSSR count). The van der Waals surface area contributed by atoms with Crippen LogP contribution in [0.5, 0.6) is 5.75 Å². The number of nitrogens with zero attached hydrogens (tertiary/aromatic N) is 1. The molecule has 20 heavy (non-hydrogen) atoms. The van der Waals surface area contributed by atoms with Gasteiger partial charge in [-0.2, -0.15) is 0 Å². The molecule has 1 atom stereocenters. The van der Waals surface area contributed by atoms with Crippen LogP contribution in [0.15, 0.2) is 12.1 Å². The third kappa shape index (κ3) is 2.44. The molecule has 0 aromatic heterocycles. The minimum absolute atomic E-state index is 0.0717. The lowest BCUT2D eigenvalue weighted by atomic mass is 10.1. The van der Waals surface area contributed by atoms with E-state index in [2.05, 4.69) is 10.6 Å². The van der Waals surface area contributed by atoms with Crippen LogP contribution in [0, 0.1) is 10.1 Å². The van der Waals surface area contributed by atoms with Crippen LogP contribution in [0.4, 0.5) is 11.4 Å². The molecule has 1 aromatic carbocycles. The normalized spacial score (nSPS) is 21.2. The molecule has 2 aliphatic heterocycles. The van der Waals surface area contributed by atoms with Crippen molar-refractivity contribution in [2.45, 2.75) is 25.4 Å². The zero-order valence-electron chi connectivity index (χ0n) is 10.8. The van der Waals surface area contributed by atoms with E-state index in [0.717, 1.165) is 19.4 Å². The third-order valence-electron chi connectivity index (χ3n) is 3.55. The Morgan fingerprint density at radius 1 is 1.40 bits per heavy atom. The van der Waals surface area contributed by atoms with Gasteiger partial charge in [0, 0.05) is 24.4 Å². The van der Waals surface area contributed by atoms with Gasteiger partial charge < -0.3 is 15.4 Å². The predicted octanol–water partition coefficient (Wildman–Crippen LogP) is 1.22. The lowest BCUT2D eigenvalue weighted by Crippen LogP contribution is -2.37. The average Bonchev–Trinajstić information content (AvgIpc) is 2.78. The van der Waals surface area contributed by atoms with Gasteiger partial charge in [-0.3, -0.25) is 14.9 Å². The third-order valence-corrected chi connectivity index (χ3v) is 3.55. The maximum Gasteiger partial charge on any atom is 0.311 e. The second-order valence-corrected chi connectivity index (χ2v) is 5.05. The summed E-state index contributed by atoms with van der Waals surface area (Å²) in [6.45, 7) is 1.63. The highest BCUT2D eigenvalue weighted by Crippen LogP contribution is 2.37. The number of amides is 1. The van der Waals surface area contributed by atoms with Crippen LogP contribution in [0.3, 0.4) is 0 Å². The van der Waals surface area contributed by atoms with Gasteiger partial charge in [-0.15, -0.1) is 0 Å². The number of hydrogen-bond acceptors (Lipinski definition) is 5. The van der Waals surface area contributed by atoms with E-state index in [4.69, 9.17) is 4.74 Å². The number of piperidine rings is 1. The van der Waals surface area contributed by atoms with Gasteiger partial charge in [0.05, 0.1) is 11.3 Å². The Balaban J connectivity index is 1.90. The molecule has 0 aliphatic carbocycles.